The van der Waals surface area contributed by atoms with E-state index in [1.54, 1.807) is 4.90 Å². The lowest BCUT2D eigenvalue weighted by Crippen LogP contribution is -2.54. The maximum atomic E-state index is 12.5. The molecule has 1 amide bonds. The lowest BCUT2D eigenvalue weighted by Gasteiger charge is -2.42. The maximum absolute atomic E-state index is 12.5. The van der Waals surface area contributed by atoms with Gasteiger partial charge in [-0.1, -0.05) is 19.9 Å². The van der Waals surface area contributed by atoms with Gasteiger partial charge in [-0.3, -0.25) is 4.79 Å². The highest BCUT2D eigenvalue weighted by Crippen LogP contribution is 2.29. The van der Waals surface area contributed by atoms with E-state index in [1.165, 1.54) is 18.2 Å². The Labute approximate surface area is 127 Å². The van der Waals surface area contributed by atoms with Gasteiger partial charge in [-0.25, -0.2) is 0 Å². The quantitative estimate of drug-likeness (QED) is 0.913. The van der Waals surface area contributed by atoms with Crippen LogP contribution in [-0.2, 0) is 0 Å². The van der Waals surface area contributed by atoms with Gasteiger partial charge in [0.1, 0.15) is 5.75 Å². The summed E-state index contributed by atoms with van der Waals surface area (Å²) >= 11 is 0. The Kier molecular flexibility index (Phi) is 4.37. The fourth-order valence-electron chi connectivity index (χ4n) is 2.56. The highest BCUT2D eigenvalue weighted by Gasteiger charge is 2.36. The van der Waals surface area contributed by atoms with Gasteiger partial charge in [-0.2, -0.15) is 0 Å². The van der Waals surface area contributed by atoms with Crippen molar-refractivity contribution in [2.75, 3.05) is 13.1 Å². The van der Waals surface area contributed by atoms with Gasteiger partial charge in [0.25, 0.3) is 5.91 Å². The number of carbonyl (C=O) groups is 1. The van der Waals surface area contributed by atoms with Crippen LogP contribution in [0.5, 0.6) is 5.75 Å². The van der Waals surface area contributed by atoms with E-state index in [9.17, 15) is 18.0 Å². The number of hydrogen-bond donors (Lipinski definition) is 1. The number of nitrogens with zero attached hydrogens (tertiary/aromatic N) is 1. The molecule has 0 bridgehead atoms. The summed E-state index contributed by atoms with van der Waals surface area (Å²) in [6.45, 7) is 4.91. The van der Waals surface area contributed by atoms with Crippen molar-refractivity contribution in [3.05, 3.63) is 29.8 Å². The lowest BCUT2D eigenvalue weighted by molar-refractivity contribution is -0.274. The number of hydrogen-bond acceptors (Lipinski definition) is 3. The number of amides is 1. The molecule has 2 rings (SSSR count). The highest BCUT2D eigenvalue weighted by atomic mass is 19.4. The van der Waals surface area contributed by atoms with Crippen molar-refractivity contribution < 1.29 is 22.7 Å². The average Bonchev–Trinajstić information content (AvgIpc) is 2.39. The molecule has 1 aromatic carbocycles. The molecular formula is C15H19F3N2O2. The first kappa shape index (κ1) is 16.6. The third kappa shape index (κ3) is 3.91. The van der Waals surface area contributed by atoms with Crippen LogP contribution in [0.2, 0.25) is 0 Å². The second-order valence-corrected chi connectivity index (χ2v) is 6.19. The predicted octanol–water partition coefficient (Wildman–Crippen LogP) is 2.78. The molecule has 1 heterocycles. The topological polar surface area (TPSA) is 55.6 Å². The van der Waals surface area contributed by atoms with Gasteiger partial charge in [-0.15, -0.1) is 13.2 Å². The van der Waals surface area contributed by atoms with Crippen LogP contribution in [0.15, 0.2) is 24.3 Å². The Balaban J connectivity index is 2.15. The van der Waals surface area contributed by atoms with E-state index in [2.05, 4.69) is 4.74 Å². The molecule has 1 aliphatic heterocycles. The van der Waals surface area contributed by atoms with Crippen LogP contribution >= 0.6 is 0 Å². The molecule has 0 spiro atoms. The molecule has 2 N–H and O–H groups in total. The van der Waals surface area contributed by atoms with Gasteiger partial charge in [0.2, 0.25) is 0 Å². The van der Waals surface area contributed by atoms with Crippen LogP contribution in [0.1, 0.15) is 30.6 Å². The molecule has 0 radical (unpaired) electrons. The van der Waals surface area contributed by atoms with Crippen molar-refractivity contribution in [3.8, 4) is 5.75 Å². The monoisotopic (exact) mass is 316 g/mol. The SMILES string of the molecule is CC1(C)CN(C(=O)c2cccc(OC(F)(F)F)c2)CCC1N. The van der Waals surface area contributed by atoms with Crippen LogP contribution in [0, 0.1) is 5.41 Å². The fraction of sp³-hybridized carbons (Fsp3) is 0.533. The Morgan fingerprint density at radius 1 is 1.41 bits per heavy atom. The zero-order chi connectivity index (χ0) is 16.5. The Bertz CT molecular complexity index is 558. The highest BCUT2D eigenvalue weighted by molar-refractivity contribution is 5.94. The van der Waals surface area contributed by atoms with E-state index in [-0.39, 0.29) is 22.9 Å². The van der Waals surface area contributed by atoms with Crippen LogP contribution in [-0.4, -0.2) is 36.3 Å². The minimum atomic E-state index is -4.78. The molecule has 0 aliphatic carbocycles. The van der Waals surface area contributed by atoms with Gasteiger partial charge >= 0.3 is 6.36 Å². The van der Waals surface area contributed by atoms with Crippen molar-refractivity contribution in [1.29, 1.82) is 0 Å². The van der Waals surface area contributed by atoms with Crippen molar-refractivity contribution in [2.45, 2.75) is 32.7 Å². The van der Waals surface area contributed by atoms with Crippen LogP contribution in [0.25, 0.3) is 0 Å². The van der Waals surface area contributed by atoms with Crippen LogP contribution < -0.4 is 10.5 Å². The first-order chi connectivity index (χ1) is 10.1. The summed E-state index contributed by atoms with van der Waals surface area (Å²) < 4.78 is 40.6. The maximum Gasteiger partial charge on any atom is 0.573 e. The number of likely N-dealkylation sites (tertiary alicyclic amines) is 1. The molecule has 122 valence electrons. The summed E-state index contributed by atoms with van der Waals surface area (Å²) in [5.41, 5.74) is 5.97. The second-order valence-electron chi connectivity index (χ2n) is 6.19. The molecule has 1 aromatic rings. The van der Waals surface area contributed by atoms with Gasteiger partial charge in [0, 0.05) is 24.7 Å². The zero-order valence-electron chi connectivity index (χ0n) is 12.5. The number of ether oxygens (including phenoxy) is 1. The molecule has 1 fully saturated rings. The Morgan fingerprint density at radius 3 is 2.68 bits per heavy atom. The molecular weight excluding hydrogens is 297 g/mol. The standard InChI is InChI=1S/C15H19F3N2O2/c1-14(2)9-20(7-6-12(14)19)13(21)10-4-3-5-11(8-10)22-15(16,17)18/h3-5,8,12H,6-7,9,19H2,1-2H3. The van der Waals surface area contributed by atoms with Gasteiger partial charge in [0.15, 0.2) is 0 Å². The third-order valence-corrected chi connectivity index (χ3v) is 3.91. The summed E-state index contributed by atoms with van der Waals surface area (Å²) in [6, 6.07) is 5.12. The smallest absolute Gasteiger partial charge is 0.406 e. The third-order valence-electron chi connectivity index (χ3n) is 3.91. The molecule has 1 atom stereocenters. The minimum absolute atomic E-state index is 0.00329. The molecule has 0 saturated carbocycles. The van der Waals surface area contributed by atoms with Crippen molar-refractivity contribution in [3.63, 3.8) is 0 Å². The van der Waals surface area contributed by atoms with Crippen LogP contribution in [0.4, 0.5) is 13.2 Å². The molecule has 1 unspecified atom stereocenters. The number of alkyl halides is 3. The van der Waals surface area contributed by atoms with Crippen molar-refractivity contribution in [1.82, 2.24) is 4.90 Å². The predicted molar refractivity (Wildman–Crippen MR) is 75.4 cm³/mol. The van der Waals surface area contributed by atoms with E-state index >= 15 is 0 Å². The summed E-state index contributed by atoms with van der Waals surface area (Å²) in [5.74, 6) is -0.709. The second kappa shape index (κ2) is 5.79. The largest absolute Gasteiger partial charge is 0.573 e. The van der Waals surface area contributed by atoms with Gasteiger partial charge in [0.05, 0.1) is 0 Å². The molecule has 1 aliphatic rings. The lowest BCUT2D eigenvalue weighted by atomic mass is 9.79. The number of rotatable bonds is 2. The van der Waals surface area contributed by atoms with Gasteiger partial charge < -0.3 is 15.4 Å². The first-order valence-corrected chi connectivity index (χ1v) is 6.99. The number of benzene rings is 1. The van der Waals surface area contributed by atoms with E-state index in [0.717, 1.165) is 6.07 Å². The summed E-state index contributed by atoms with van der Waals surface area (Å²) in [6.07, 6.45) is -4.11. The Hall–Kier alpha value is -1.76. The van der Waals surface area contributed by atoms with E-state index in [4.69, 9.17) is 5.73 Å². The van der Waals surface area contributed by atoms with E-state index < -0.39 is 12.1 Å². The molecule has 4 nitrogen and oxygen atoms in total. The summed E-state index contributed by atoms with van der Waals surface area (Å²) in [7, 11) is 0. The van der Waals surface area contributed by atoms with E-state index in [1.807, 2.05) is 13.8 Å². The summed E-state index contributed by atoms with van der Waals surface area (Å²) in [4.78, 5) is 14.1. The molecule has 0 aromatic heterocycles. The molecule has 7 heteroatoms. The number of nitrogens with two attached hydrogens (primary N) is 1. The Morgan fingerprint density at radius 2 is 2.09 bits per heavy atom. The number of halogens is 3. The average molecular weight is 316 g/mol. The fourth-order valence-corrected chi connectivity index (χ4v) is 2.56. The van der Waals surface area contributed by atoms with Crippen LogP contribution in [0.3, 0.4) is 0 Å². The number of carbonyl (C=O) groups excluding carboxylic acids is 1. The normalized spacial score (nSPS) is 21.5. The van der Waals surface area contributed by atoms with Crippen molar-refractivity contribution >= 4 is 5.91 Å². The molecule has 1 saturated heterocycles. The molecule has 22 heavy (non-hydrogen) atoms. The van der Waals surface area contributed by atoms with Gasteiger partial charge in [-0.05, 0) is 30.0 Å². The van der Waals surface area contributed by atoms with E-state index in [0.29, 0.717) is 19.5 Å². The van der Waals surface area contributed by atoms with Crippen molar-refractivity contribution in [2.24, 2.45) is 11.1 Å². The summed E-state index contributed by atoms with van der Waals surface area (Å²) in [5, 5.41) is 0. The first-order valence-electron chi connectivity index (χ1n) is 6.99. The number of piperidine rings is 1. The zero-order valence-corrected chi connectivity index (χ0v) is 12.5. The minimum Gasteiger partial charge on any atom is -0.406 e.